The van der Waals surface area contributed by atoms with Crippen molar-refractivity contribution in [2.45, 2.75) is 46.5 Å². The summed E-state index contributed by atoms with van der Waals surface area (Å²) in [6.45, 7) is 6.14. The second kappa shape index (κ2) is 7.82. The van der Waals surface area contributed by atoms with E-state index in [1.807, 2.05) is 50.2 Å². The lowest BCUT2D eigenvalue weighted by Gasteiger charge is -2.25. The van der Waals surface area contributed by atoms with Gasteiger partial charge in [-0.1, -0.05) is 19.1 Å². The predicted octanol–water partition coefficient (Wildman–Crippen LogP) is 4.72. The van der Waals surface area contributed by atoms with Crippen molar-refractivity contribution in [1.82, 2.24) is 0 Å². The van der Waals surface area contributed by atoms with Gasteiger partial charge in [-0.25, -0.2) is 0 Å². The molecule has 1 heterocycles. The molecular weight excluding hydrogens is 362 g/mol. The van der Waals surface area contributed by atoms with Crippen LogP contribution in [0.5, 0.6) is 0 Å². The highest BCUT2D eigenvalue weighted by Gasteiger charge is 2.37. The van der Waals surface area contributed by atoms with Gasteiger partial charge in [-0.15, -0.1) is 0 Å². The number of aryl methyl sites for hydroxylation is 3. The highest BCUT2D eigenvalue weighted by molar-refractivity contribution is 6.16. The van der Waals surface area contributed by atoms with Crippen LogP contribution in [0.2, 0.25) is 0 Å². The first kappa shape index (κ1) is 19.4. The molecule has 0 radical (unpaired) electrons. The number of amides is 2. The van der Waals surface area contributed by atoms with Gasteiger partial charge in [-0.3, -0.25) is 14.6 Å². The van der Waals surface area contributed by atoms with Gasteiger partial charge in [0, 0.05) is 11.4 Å². The van der Waals surface area contributed by atoms with Crippen LogP contribution in [0.3, 0.4) is 0 Å². The van der Waals surface area contributed by atoms with Crippen LogP contribution >= 0.6 is 0 Å². The van der Waals surface area contributed by atoms with Crippen molar-refractivity contribution in [1.29, 1.82) is 0 Å². The summed E-state index contributed by atoms with van der Waals surface area (Å²) in [6.07, 6.45) is 3.54. The van der Waals surface area contributed by atoms with E-state index in [0.717, 1.165) is 65.1 Å². The lowest BCUT2D eigenvalue weighted by atomic mass is 10.0. The molecule has 1 unspecified atom stereocenters. The van der Waals surface area contributed by atoms with Gasteiger partial charge in [0.2, 0.25) is 11.8 Å². The fourth-order valence-corrected chi connectivity index (χ4v) is 4.16. The summed E-state index contributed by atoms with van der Waals surface area (Å²) in [5, 5.41) is 2.95. The van der Waals surface area contributed by atoms with Crippen molar-refractivity contribution in [3.8, 4) is 0 Å². The average Bonchev–Trinajstić information content (AvgIpc) is 3.13. The Morgan fingerprint density at radius 1 is 1.21 bits per heavy atom. The first-order valence-corrected chi connectivity index (χ1v) is 10.3. The van der Waals surface area contributed by atoms with E-state index in [2.05, 4.69) is 12.2 Å². The smallest absolute Gasteiger partial charge is 0.244 e. The molecule has 1 N–H and O–H groups in total. The number of carbonyl (C=O) groups excluding carboxylic acids is 2. The van der Waals surface area contributed by atoms with E-state index in [4.69, 9.17) is 4.99 Å². The van der Waals surface area contributed by atoms with Crippen molar-refractivity contribution >= 4 is 34.6 Å². The minimum atomic E-state index is -0.209. The van der Waals surface area contributed by atoms with Crippen molar-refractivity contribution in [2.75, 3.05) is 16.8 Å². The number of fused-ring (bicyclic) bond motifs is 2. The normalized spacial score (nSPS) is 18.0. The number of hydrogen-bond acceptors (Lipinski definition) is 3. The maximum Gasteiger partial charge on any atom is 0.244 e. The Labute approximate surface area is 171 Å². The van der Waals surface area contributed by atoms with Gasteiger partial charge < -0.3 is 10.2 Å². The molecule has 150 valence electrons. The maximum absolute atomic E-state index is 13.3. The van der Waals surface area contributed by atoms with Crippen LogP contribution in [-0.4, -0.2) is 24.1 Å². The number of nitrogens with zero attached hydrogens (tertiary/aromatic N) is 2. The van der Waals surface area contributed by atoms with Crippen LogP contribution in [0.4, 0.5) is 17.1 Å². The molecule has 29 heavy (non-hydrogen) atoms. The summed E-state index contributed by atoms with van der Waals surface area (Å²) in [6, 6.07) is 11.8. The van der Waals surface area contributed by atoms with Gasteiger partial charge in [-0.05, 0) is 80.5 Å². The van der Waals surface area contributed by atoms with Gasteiger partial charge >= 0.3 is 0 Å². The Kier molecular flexibility index (Phi) is 5.22. The molecule has 2 amide bonds. The molecule has 1 fully saturated rings. The van der Waals surface area contributed by atoms with Crippen LogP contribution in [-0.2, 0) is 16.0 Å². The largest absolute Gasteiger partial charge is 0.325 e. The number of aliphatic imine (C=N–C) groups is 1. The third-order valence-corrected chi connectivity index (χ3v) is 5.96. The molecule has 5 heteroatoms. The Hall–Kier alpha value is -2.95. The fraction of sp³-hybridized carbons (Fsp3) is 0.375. The molecule has 2 aromatic carbocycles. The Balaban J connectivity index is 1.64. The molecule has 0 bridgehead atoms. The molecule has 4 rings (SSSR count). The van der Waals surface area contributed by atoms with Crippen molar-refractivity contribution in [3.05, 3.63) is 53.1 Å². The monoisotopic (exact) mass is 389 g/mol. The molecule has 1 aliphatic carbocycles. The summed E-state index contributed by atoms with van der Waals surface area (Å²) in [7, 11) is 0. The molecule has 1 aliphatic heterocycles. The number of hydrogen-bond donors (Lipinski definition) is 1. The number of carbonyl (C=O) groups is 2. The number of rotatable bonds is 4. The Bertz CT molecular complexity index is 1010. The average molecular weight is 389 g/mol. The highest BCUT2D eigenvalue weighted by atomic mass is 16.2. The van der Waals surface area contributed by atoms with Crippen LogP contribution in [0.15, 0.2) is 41.4 Å². The van der Waals surface area contributed by atoms with Crippen molar-refractivity contribution in [3.63, 3.8) is 0 Å². The van der Waals surface area contributed by atoms with E-state index in [-0.39, 0.29) is 24.3 Å². The van der Waals surface area contributed by atoms with Gasteiger partial charge in [0.1, 0.15) is 6.54 Å². The van der Waals surface area contributed by atoms with E-state index in [1.165, 1.54) is 0 Å². The fourth-order valence-electron chi connectivity index (χ4n) is 4.16. The van der Waals surface area contributed by atoms with Crippen molar-refractivity contribution < 1.29 is 9.59 Å². The number of anilines is 2. The zero-order chi connectivity index (χ0) is 20.5. The Morgan fingerprint density at radius 3 is 2.79 bits per heavy atom. The molecule has 0 aromatic heterocycles. The van der Waals surface area contributed by atoms with Gasteiger partial charge in [0.05, 0.1) is 17.3 Å². The standard InChI is InChI=1S/C24H27N3O2/c1-4-17-7-5-8-18(13-17)25-23(28)14-27-22-12-16(3)15(2)11-21(22)26-20-10-6-9-19(20)24(27)29/h5,7-8,11-13,19H,4,6,9-10,14H2,1-3H3,(H,25,28). The topological polar surface area (TPSA) is 61.8 Å². The Morgan fingerprint density at radius 2 is 2.00 bits per heavy atom. The van der Waals surface area contributed by atoms with Crippen molar-refractivity contribution in [2.24, 2.45) is 10.9 Å². The zero-order valence-corrected chi connectivity index (χ0v) is 17.3. The summed E-state index contributed by atoms with van der Waals surface area (Å²) in [5.41, 5.74) is 6.63. The summed E-state index contributed by atoms with van der Waals surface area (Å²) in [4.78, 5) is 32.7. The molecule has 2 aromatic rings. The zero-order valence-electron chi connectivity index (χ0n) is 17.3. The van der Waals surface area contributed by atoms with Crippen LogP contribution in [0, 0.1) is 19.8 Å². The molecular formula is C24H27N3O2. The first-order chi connectivity index (χ1) is 14.0. The number of benzene rings is 2. The SMILES string of the molecule is CCc1cccc(NC(=O)CN2C(=O)C3CCCC3=Nc3cc(C)c(C)cc32)c1. The minimum Gasteiger partial charge on any atom is -0.325 e. The van der Waals surface area contributed by atoms with E-state index >= 15 is 0 Å². The number of nitrogens with one attached hydrogen (secondary N) is 1. The van der Waals surface area contributed by atoms with Gasteiger partial charge in [0.25, 0.3) is 0 Å². The van der Waals surface area contributed by atoms with Crippen LogP contribution in [0.25, 0.3) is 0 Å². The van der Waals surface area contributed by atoms with Crippen LogP contribution < -0.4 is 10.2 Å². The molecule has 1 atom stereocenters. The third-order valence-electron chi connectivity index (χ3n) is 5.96. The predicted molar refractivity (Wildman–Crippen MR) is 117 cm³/mol. The van der Waals surface area contributed by atoms with E-state index < -0.39 is 0 Å². The van der Waals surface area contributed by atoms with Gasteiger partial charge in [-0.2, -0.15) is 0 Å². The lowest BCUT2D eigenvalue weighted by molar-refractivity contribution is -0.122. The second-order valence-electron chi connectivity index (χ2n) is 8.00. The quantitative estimate of drug-likeness (QED) is 0.822. The second-order valence-corrected chi connectivity index (χ2v) is 8.00. The minimum absolute atomic E-state index is 0.00993. The lowest BCUT2D eigenvalue weighted by Crippen LogP contribution is -2.42. The van der Waals surface area contributed by atoms with E-state index in [0.29, 0.717) is 0 Å². The molecule has 2 aliphatic rings. The first-order valence-electron chi connectivity index (χ1n) is 10.3. The maximum atomic E-state index is 13.3. The van der Waals surface area contributed by atoms with Crippen LogP contribution in [0.1, 0.15) is 42.9 Å². The summed E-state index contributed by atoms with van der Waals surface area (Å²) >= 11 is 0. The molecule has 1 saturated carbocycles. The third kappa shape index (κ3) is 3.82. The highest BCUT2D eigenvalue weighted by Crippen LogP contribution is 2.39. The molecule has 0 saturated heterocycles. The van der Waals surface area contributed by atoms with E-state index in [9.17, 15) is 9.59 Å². The summed E-state index contributed by atoms with van der Waals surface area (Å²) in [5.74, 6) is -0.419. The molecule has 5 nitrogen and oxygen atoms in total. The summed E-state index contributed by atoms with van der Waals surface area (Å²) < 4.78 is 0. The van der Waals surface area contributed by atoms with Gasteiger partial charge in [0.15, 0.2) is 0 Å². The molecule has 0 spiro atoms. The van der Waals surface area contributed by atoms with E-state index in [1.54, 1.807) is 4.90 Å².